The highest BCUT2D eigenvalue weighted by Gasteiger charge is 2.32. The van der Waals surface area contributed by atoms with Crippen molar-refractivity contribution in [3.8, 4) is 0 Å². The van der Waals surface area contributed by atoms with Crippen LogP contribution in [0.15, 0.2) is 0 Å². The third kappa shape index (κ3) is 5.50. The van der Waals surface area contributed by atoms with Crippen LogP contribution in [0.3, 0.4) is 0 Å². The number of hydrogen-bond acceptors (Lipinski definition) is 2. The summed E-state index contributed by atoms with van der Waals surface area (Å²) in [5.41, 5.74) is 5.11. The van der Waals surface area contributed by atoms with E-state index in [1.165, 1.54) is 0 Å². The van der Waals surface area contributed by atoms with Gasteiger partial charge in [-0.2, -0.15) is 0 Å². The van der Waals surface area contributed by atoms with Crippen LogP contribution in [-0.4, -0.2) is 18.0 Å². The standard InChI is InChI=1S/C13H28N2O/c1-11(2,3)8-13(6,7)15-10(16)12(4,5)9-14/h8-9,14H2,1-7H3,(H,15,16). The van der Waals surface area contributed by atoms with E-state index in [0.717, 1.165) is 6.42 Å². The number of nitrogens with two attached hydrogens (primary N) is 1. The van der Waals surface area contributed by atoms with Crippen LogP contribution in [0.5, 0.6) is 0 Å². The molecule has 0 saturated heterocycles. The van der Waals surface area contributed by atoms with Gasteiger partial charge in [0.1, 0.15) is 0 Å². The van der Waals surface area contributed by atoms with Crippen LogP contribution in [0, 0.1) is 10.8 Å². The van der Waals surface area contributed by atoms with Gasteiger partial charge in [-0.25, -0.2) is 0 Å². The SMILES string of the molecule is CC(C)(C)CC(C)(C)NC(=O)C(C)(C)CN. The Balaban J connectivity index is 4.55. The minimum atomic E-state index is -0.491. The Morgan fingerprint density at radius 3 is 1.81 bits per heavy atom. The molecule has 0 fully saturated rings. The molecule has 0 atom stereocenters. The van der Waals surface area contributed by atoms with Crippen LogP contribution in [0.25, 0.3) is 0 Å². The molecular formula is C13H28N2O. The number of carbonyl (C=O) groups excluding carboxylic acids is 1. The molecule has 0 spiro atoms. The second kappa shape index (κ2) is 4.74. The van der Waals surface area contributed by atoms with Crippen LogP contribution in [0.1, 0.15) is 54.9 Å². The molecule has 0 bridgehead atoms. The topological polar surface area (TPSA) is 55.1 Å². The van der Waals surface area contributed by atoms with Crippen LogP contribution in [-0.2, 0) is 4.79 Å². The molecule has 3 nitrogen and oxygen atoms in total. The Labute approximate surface area is 100 Å². The lowest BCUT2D eigenvalue weighted by Crippen LogP contribution is -2.52. The van der Waals surface area contributed by atoms with Gasteiger partial charge in [-0.15, -0.1) is 0 Å². The first kappa shape index (κ1) is 15.4. The number of carbonyl (C=O) groups is 1. The van der Waals surface area contributed by atoms with Crippen LogP contribution in [0.4, 0.5) is 0 Å². The van der Waals surface area contributed by atoms with E-state index in [2.05, 4.69) is 39.9 Å². The van der Waals surface area contributed by atoms with Gasteiger partial charge in [0.05, 0.1) is 5.41 Å². The average Bonchev–Trinajstić information content (AvgIpc) is 1.98. The van der Waals surface area contributed by atoms with Crippen LogP contribution >= 0.6 is 0 Å². The van der Waals surface area contributed by atoms with Gasteiger partial charge in [0.25, 0.3) is 0 Å². The first-order chi connectivity index (χ1) is 6.90. The maximum atomic E-state index is 12.0. The van der Waals surface area contributed by atoms with Crippen molar-refractivity contribution in [2.75, 3.05) is 6.54 Å². The summed E-state index contributed by atoms with van der Waals surface area (Å²) in [6, 6.07) is 0. The molecule has 3 heteroatoms. The highest BCUT2D eigenvalue weighted by atomic mass is 16.2. The fraction of sp³-hybridized carbons (Fsp3) is 0.923. The van der Waals surface area contributed by atoms with E-state index in [9.17, 15) is 4.79 Å². The zero-order valence-corrected chi connectivity index (χ0v) is 11.9. The highest BCUT2D eigenvalue weighted by molar-refractivity contribution is 5.82. The summed E-state index contributed by atoms with van der Waals surface area (Å²) in [7, 11) is 0. The predicted molar refractivity (Wildman–Crippen MR) is 69.1 cm³/mol. The first-order valence-electron chi connectivity index (χ1n) is 5.92. The van der Waals surface area contributed by atoms with Crippen molar-refractivity contribution >= 4 is 5.91 Å². The van der Waals surface area contributed by atoms with Crippen molar-refractivity contribution in [1.29, 1.82) is 0 Å². The molecule has 0 unspecified atom stereocenters. The summed E-state index contributed by atoms with van der Waals surface area (Å²) in [4.78, 5) is 12.0. The molecule has 16 heavy (non-hydrogen) atoms. The Bertz CT molecular complexity index is 249. The van der Waals surface area contributed by atoms with Gasteiger partial charge < -0.3 is 11.1 Å². The monoisotopic (exact) mass is 228 g/mol. The number of hydrogen-bond donors (Lipinski definition) is 2. The van der Waals surface area contributed by atoms with E-state index in [0.29, 0.717) is 6.54 Å². The molecule has 0 aromatic heterocycles. The fourth-order valence-electron chi connectivity index (χ4n) is 1.94. The van der Waals surface area contributed by atoms with E-state index < -0.39 is 5.41 Å². The van der Waals surface area contributed by atoms with Crippen molar-refractivity contribution in [2.24, 2.45) is 16.6 Å². The molecule has 3 N–H and O–H groups in total. The molecule has 0 rings (SSSR count). The molecule has 1 amide bonds. The molecule has 0 aromatic rings. The molecule has 0 aliphatic heterocycles. The molecule has 0 heterocycles. The minimum Gasteiger partial charge on any atom is -0.351 e. The number of amides is 1. The number of nitrogens with one attached hydrogen (secondary N) is 1. The van der Waals surface area contributed by atoms with E-state index >= 15 is 0 Å². The van der Waals surface area contributed by atoms with Crippen LogP contribution < -0.4 is 11.1 Å². The minimum absolute atomic E-state index is 0.0317. The Hall–Kier alpha value is -0.570. The van der Waals surface area contributed by atoms with Gasteiger partial charge in [-0.05, 0) is 39.5 Å². The molecular weight excluding hydrogens is 200 g/mol. The van der Waals surface area contributed by atoms with Gasteiger partial charge in [-0.3, -0.25) is 4.79 Å². The smallest absolute Gasteiger partial charge is 0.227 e. The van der Waals surface area contributed by atoms with Crippen molar-refractivity contribution in [1.82, 2.24) is 5.32 Å². The lowest BCUT2D eigenvalue weighted by molar-refractivity contribution is -0.130. The summed E-state index contributed by atoms with van der Waals surface area (Å²) in [5.74, 6) is 0.0317. The third-order valence-electron chi connectivity index (χ3n) is 2.55. The van der Waals surface area contributed by atoms with Crippen LogP contribution in [0.2, 0.25) is 0 Å². The summed E-state index contributed by atoms with van der Waals surface area (Å²) < 4.78 is 0. The van der Waals surface area contributed by atoms with E-state index in [1.54, 1.807) is 0 Å². The van der Waals surface area contributed by atoms with E-state index in [1.807, 2.05) is 13.8 Å². The fourth-order valence-corrected chi connectivity index (χ4v) is 1.94. The lowest BCUT2D eigenvalue weighted by Gasteiger charge is -2.36. The largest absolute Gasteiger partial charge is 0.351 e. The zero-order chi connectivity index (χ0) is 13.2. The average molecular weight is 228 g/mol. The maximum absolute atomic E-state index is 12.0. The molecule has 0 radical (unpaired) electrons. The van der Waals surface area contributed by atoms with Gasteiger partial charge >= 0.3 is 0 Å². The summed E-state index contributed by atoms with van der Waals surface area (Å²) >= 11 is 0. The van der Waals surface area contributed by atoms with Crippen molar-refractivity contribution in [2.45, 2.75) is 60.4 Å². The first-order valence-corrected chi connectivity index (χ1v) is 5.92. The lowest BCUT2D eigenvalue weighted by atomic mass is 9.81. The molecule has 0 aliphatic rings. The van der Waals surface area contributed by atoms with Crippen molar-refractivity contribution in [3.63, 3.8) is 0 Å². The molecule has 0 saturated carbocycles. The van der Waals surface area contributed by atoms with Gasteiger partial charge in [-0.1, -0.05) is 20.8 Å². The quantitative estimate of drug-likeness (QED) is 0.775. The highest BCUT2D eigenvalue weighted by Crippen LogP contribution is 2.27. The van der Waals surface area contributed by atoms with Gasteiger partial charge in [0.15, 0.2) is 0 Å². The summed E-state index contributed by atoms with van der Waals surface area (Å²) in [6.07, 6.45) is 0.937. The Kier molecular flexibility index (Phi) is 4.57. The maximum Gasteiger partial charge on any atom is 0.227 e. The molecule has 96 valence electrons. The second-order valence-electron chi connectivity index (χ2n) is 7.16. The van der Waals surface area contributed by atoms with Gasteiger partial charge in [0, 0.05) is 12.1 Å². The zero-order valence-electron chi connectivity index (χ0n) is 11.9. The van der Waals surface area contributed by atoms with Crippen molar-refractivity contribution in [3.05, 3.63) is 0 Å². The third-order valence-corrected chi connectivity index (χ3v) is 2.55. The Morgan fingerprint density at radius 2 is 1.50 bits per heavy atom. The van der Waals surface area contributed by atoms with Gasteiger partial charge in [0.2, 0.25) is 5.91 Å². The van der Waals surface area contributed by atoms with E-state index in [4.69, 9.17) is 5.73 Å². The molecule has 0 aliphatic carbocycles. The summed E-state index contributed by atoms with van der Waals surface area (Å²) in [5, 5.41) is 3.09. The van der Waals surface area contributed by atoms with Crippen molar-refractivity contribution < 1.29 is 4.79 Å². The normalized spacial score (nSPS) is 13.8. The second-order valence-corrected chi connectivity index (χ2v) is 7.16. The molecule has 0 aromatic carbocycles. The van der Waals surface area contributed by atoms with E-state index in [-0.39, 0.29) is 16.9 Å². The Morgan fingerprint density at radius 1 is 1.06 bits per heavy atom. The number of rotatable bonds is 4. The summed E-state index contributed by atoms with van der Waals surface area (Å²) in [6.45, 7) is 14.7. The predicted octanol–water partition coefficient (Wildman–Crippen LogP) is 2.30.